The van der Waals surface area contributed by atoms with Gasteiger partial charge in [-0.25, -0.2) is 4.98 Å². The van der Waals surface area contributed by atoms with E-state index in [1.54, 1.807) is 7.11 Å². The standard InChI is InChI=1S/C26H19ClN2OS/c1-30-21-13-11-18(12-14-21)22-15-25(19-7-3-2-4-8-19)29-26(23(22)16-28)31-17-20-9-5-6-10-24(20)27/h2-15H,17H2,1H3. The summed E-state index contributed by atoms with van der Waals surface area (Å²) < 4.78 is 5.28. The molecule has 0 bridgehead atoms. The zero-order chi connectivity index (χ0) is 21.6. The zero-order valence-corrected chi connectivity index (χ0v) is 18.5. The maximum atomic E-state index is 10.0. The number of nitrogens with zero attached hydrogens (tertiary/aromatic N) is 2. The highest BCUT2D eigenvalue weighted by atomic mass is 35.5. The van der Waals surface area contributed by atoms with Crippen molar-refractivity contribution in [2.24, 2.45) is 0 Å². The van der Waals surface area contributed by atoms with Crippen molar-refractivity contribution in [1.29, 1.82) is 5.26 Å². The van der Waals surface area contributed by atoms with Gasteiger partial charge in [-0.15, -0.1) is 11.8 Å². The first-order valence-electron chi connectivity index (χ1n) is 9.71. The van der Waals surface area contributed by atoms with Gasteiger partial charge in [-0.3, -0.25) is 0 Å². The minimum atomic E-state index is 0.557. The summed E-state index contributed by atoms with van der Waals surface area (Å²) in [5.41, 5.74) is 5.18. The van der Waals surface area contributed by atoms with E-state index in [1.165, 1.54) is 11.8 Å². The SMILES string of the molecule is COc1ccc(-c2cc(-c3ccccc3)nc(SCc3ccccc3Cl)c2C#N)cc1. The van der Waals surface area contributed by atoms with Gasteiger partial charge in [0.2, 0.25) is 0 Å². The van der Waals surface area contributed by atoms with Gasteiger partial charge in [0.1, 0.15) is 16.8 Å². The Balaban J connectivity index is 1.82. The minimum absolute atomic E-state index is 0.557. The van der Waals surface area contributed by atoms with E-state index >= 15 is 0 Å². The highest BCUT2D eigenvalue weighted by Crippen LogP contribution is 2.36. The van der Waals surface area contributed by atoms with Crippen molar-refractivity contribution in [2.75, 3.05) is 7.11 Å². The normalized spacial score (nSPS) is 10.5. The molecule has 3 aromatic carbocycles. The van der Waals surface area contributed by atoms with Gasteiger partial charge in [-0.2, -0.15) is 5.26 Å². The number of methoxy groups -OCH3 is 1. The summed E-state index contributed by atoms with van der Waals surface area (Å²) in [4.78, 5) is 4.85. The first-order chi connectivity index (χ1) is 15.2. The van der Waals surface area contributed by atoms with Crippen molar-refractivity contribution in [3.8, 4) is 34.2 Å². The molecule has 0 amide bonds. The van der Waals surface area contributed by atoms with Gasteiger partial charge in [0.25, 0.3) is 0 Å². The number of halogens is 1. The molecule has 0 spiro atoms. The van der Waals surface area contributed by atoms with Crippen molar-refractivity contribution in [1.82, 2.24) is 4.98 Å². The minimum Gasteiger partial charge on any atom is -0.497 e. The molecule has 0 unspecified atom stereocenters. The highest BCUT2D eigenvalue weighted by Gasteiger charge is 2.16. The van der Waals surface area contributed by atoms with Crippen molar-refractivity contribution >= 4 is 23.4 Å². The second-order valence-electron chi connectivity index (χ2n) is 6.82. The molecule has 0 N–H and O–H groups in total. The number of nitriles is 1. The fraction of sp³-hybridized carbons (Fsp3) is 0.0769. The molecule has 0 saturated heterocycles. The molecule has 0 aliphatic carbocycles. The number of rotatable bonds is 6. The van der Waals surface area contributed by atoms with Gasteiger partial charge >= 0.3 is 0 Å². The molecule has 0 aliphatic rings. The summed E-state index contributed by atoms with van der Waals surface area (Å²) in [6.07, 6.45) is 0. The fourth-order valence-electron chi connectivity index (χ4n) is 3.25. The Morgan fingerprint density at radius 1 is 0.935 bits per heavy atom. The number of ether oxygens (including phenoxy) is 1. The molecule has 0 atom stereocenters. The van der Waals surface area contributed by atoms with Crippen LogP contribution >= 0.6 is 23.4 Å². The van der Waals surface area contributed by atoms with Crippen LogP contribution in [0.2, 0.25) is 5.02 Å². The van der Waals surface area contributed by atoms with Gasteiger partial charge < -0.3 is 4.74 Å². The van der Waals surface area contributed by atoms with Gasteiger partial charge in [-0.1, -0.05) is 72.3 Å². The van der Waals surface area contributed by atoms with E-state index in [-0.39, 0.29) is 0 Å². The number of hydrogen-bond donors (Lipinski definition) is 0. The van der Waals surface area contributed by atoms with Crippen LogP contribution < -0.4 is 4.74 Å². The van der Waals surface area contributed by atoms with Crippen LogP contribution in [0.15, 0.2) is 90.0 Å². The Labute approximate surface area is 191 Å². The summed E-state index contributed by atoms with van der Waals surface area (Å²) in [5, 5.41) is 11.4. The van der Waals surface area contributed by atoms with E-state index in [0.29, 0.717) is 21.4 Å². The molecule has 4 rings (SSSR count). The van der Waals surface area contributed by atoms with E-state index < -0.39 is 0 Å². The maximum absolute atomic E-state index is 10.0. The summed E-state index contributed by atoms with van der Waals surface area (Å²) in [6, 6.07) is 29.8. The number of aromatic nitrogens is 1. The van der Waals surface area contributed by atoms with Crippen molar-refractivity contribution in [2.45, 2.75) is 10.8 Å². The molecule has 1 aromatic heterocycles. The number of hydrogen-bond acceptors (Lipinski definition) is 4. The van der Waals surface area contributed by atoms with Crippen LogP contribution in [0.3, 0.4) is 0 Å². The molecule has 152 valence electrons. The lowest BCUT2D eigenvalue weighted by molar-refractivity contribution is 0.415. The molecule has 0 saturated carbocycles. The summed E-state index contributed by atoms with van der Waals surface area (Å²) in [5.74, 6) is 1.40. The second kappa shape index (κ2) is 9.70. The Morgan fingerprint density at radius 3 is 2.32 bits per heavy atom. The smallest absolute Gasteiger partial charge is 0.118 e. The van der Waals surface area contributed by atoms with Gasteiger partial charge in [0, 0.05) is 21.9 Å². The summed E-state index contributed by atoms with van der Waals surface area (Å²) >= 11 is 7.86. The predicted octanol–water partition coefficient (Wildman–Crippen LogP) is 7.24. The molecular weight excluding hydrogens is 424 g/mol. The van der Waals surface area contributed by atoms with Crippen LogP contribution in [0.5, 0.6) is 5.75 Å². The van der Waals surface area contributed by atoms with Crippen LogP contribution in [-0.4, -0.2) is 12.1 Å². The third-order valence-corrected chi connectivity index (χ3v) is 6.28. The van der Waals surface area contributed by atoms with E-state index in [1.807, 2.05) is 84.9 Å². The molecule has 4 aromatic rings. The molecule has 0 fully saturated rings. The largest absolute Gasteiger partial charge is 0.497 e. The van der Waals surface area contributed by atoms with Crippen molar-refractivity contribution in [3.63, 3.8) is 0 Å². The van der Waals surface area contributed by atoms with Gasteiger partial charge in [-0.05, 0) is 35.4 Å². The summed E-state index contributed by atoms with van der Waals surface area (Å²) in [6.45, 7) is 0. The van der Waals surface area contributed by atoms with Crippen LogP contribution in [0, 0.1) is 11.3 Å². The van der Waals surface area contributed by atoms with Crippen molar-refractivity contribution < 1.29 is 4.74 Å². The average molecular weight is 443 g/mol. The monoisotopic (exact) mass is 442 g/mol. The molecule has 3 nitrogen and oxygen atoms in total. The molecule has 0 radical (unpaired) electrons. The van der Waals surface area contributed by atoms with E-state index in [4.69, 9.17) is 21.3 Å². The van der Waals surface area contributed by atoms with E-state index in [2.05, 4.69) is 6.07 Å². The Bertz CT molecular complexity index is 1230. The lowest BCUT2D eigenvalue weighted by atomic mass is 9.99. The molecule has 5 heteroatoms. The van der Waals surface area contributed by atoms with E-state index in [0.717, 1.165) is 33.7 Å². The Hall–Kier alpha value is -3.26. The van der Waals surface area contributed by atoms with Crippen LogP contribution in [0.4, 0.5) is 0 Å². The first-order valence-corrected chi connectivity index (χ1v) is 11.1. The van der Waals surface area contributed by atoms with E-state index in [9.17, 15) is 5.26 Å². The highest BCUT2D eigenvalue weighted by molar-refractivity contribution is 7.98. The molecule has 0 aliphatic heterocycles. The Kier molecular flexibility index (Phi) is 6.57. The zero-order valence-electron chi connectivity index (χ0n) is 16.9. The third-order valence-electron chi connectivity index (χ3n) is 4.89. The lowest BCUT2D eigenvalue weighted by Gasteiger charge is -2.13. The first kappa shape index (κ1) is 21.0. The number of pyridine rings is 1. The average Bonchev–Trinajstić information content (AvgIpc) is 2.83. The maximum Gasteiger partial charge on any atom is 0.118 e. The second-order valence-corrected chi connectivity index (χ2v) is 8.19. The lowest BCUT2D eigenvalue weighted by Crippen LogP contribution is -1.96. The fourth-order valence-corrected chi connectivity index (χ4v) is 4.54. The predicted molar refractivity (Wildman–Crippen MR) is 127 cm³/mol. The number of thioether (sulfide) groups is 1. The number of benzene rings is 3. The van der Waals surface area contributed by atoms with Crippen LogP contribution in [-0.2, 0) is 5.75 Å². The van der Waals surface area contributed by atoms with Crippen molar-refractivity contribution in [3.05, 3.63) is 101 Å². The third kappa shape index (κ3) is 4.74. The Morgan fingerprint density at radius 2 is 1.65 bits per heavy atom. The topological polar surface area (TPSA) is 45.9 Å². The molecule has 31 heavy (non-hydrogen) atoms. The molecular formula is C26H19ClN2OS. The molecule has 1 heterocycles. The quantitative estimate of drug-likeness (QED) is 0.295. The van der Waals surface area contributed by atoms with Crippen LogP contribution in [0.25, 0.3) is 22.4 Å². The van der Waals surface area contributed by atoms with Gasteiger partial charge in [0.05, 0.1) is 18.4 Å². The summed E-state index contributed by atoms with van der Waals surface area (Å²) in [7, 11) is 1.64. The van der Waals surface area contributed by atoms with Gasteiger partial charge in [0.15, 0.2) is 0 Å². The van der Waals surface area contributed by atoms with Crippen LogP contribution in [0.1, 0.15) is 11.1 Å².